The second-order valence-electron chi connectivity index (χ2n) is 5.66. The number of benzene rings is 2. The Morgan fingerprint density at radius 3 is 2.96 bits per heavy atom. The van der Waals surface area contributed by atoms with Crippen molar-refractivity contribution in [2.45, 2.75) is 0 Å². The van der Waals surface area contributed by atoms with E-state index in [1.54, 1.807) is 17.6 Å². The van der Waals surface area contributed by atoms with Gasteiger partial charge in [-0.3, -0.25) is 4.79 Å². The van der Waals surface area contributed by atoms with Crippen molar-refractivity contribution in [3.63, 3.8) is 0 Å². The Labute approximate surface area is 167 Å². The van der Waals surface area contributed by atoms with Crippen LogP contribution in [0, 0.1) is 12.3 Å². The van der Waals surface area contributed by atoms with Gasteiger partial charge in [0.2, 0.25) is 0 Å². The van der Waals surface area contributed by atoms with E-state index in [0.717, 1.165) is 16.6 Å². The molecular formula is C20H13BrN2O3S. The minimum Gasteiger partial charge on any atom is -0.493 e. The molecule has 0 spiro atoms. The molecule has 2 heterocycles. The summed E-state index contributed by atoms with van der Waals surface area (Å²) < 4.78 is 13.9. The number of methoxy groups -OCH3 is 1. The molecule has 7 heteroatoms. The quantitative estimate of drug-likeness (QED) is 0.457. The van der Waals surface area contributed by atoms with E-state index in [1.807, 2.05) is 36.4 Å². The van der Waals surface area contributed by atoms with Crippen LogP contribution >= 0.6 is 27.3 Å². The van der Waals surface area contributed by atoms with E-state index in [-0.39, 0.29) is 12.2 Å². The Morgan fingerprint density at radius 1 is 1.37 bits per heavy atom. The number of halogens is 1. The highest BCUT2D eigenvalue weighted by atomic mass is 79.9. The van der Waals surface area contributed by atoms with Gasteiger partial charge in [-0.05, 0) is 51.8 Å². The van der Waals surface area contributed by atoms with Gasteiger partial charge in [-0.15, -0.1) is 6.42 Å². The Kier molecular flexibility index (Phi) is 4.60. The van der Waals surface area contributed by atoms with E-state index in [0.29, 0.717) is 25.5 Å². The van der Waals surface area contributed by atoms with E-state index < -0.39 is 0 Å². The lowest BCUT2D eigenvalue weighted by Crippen LogP contribution is -2.22. The van der Waals surface area contributed by atoms with E-state index in [9.17, 15) is 4.79 Å². The average Bonchev–Trinajstić information content (AvgIpc) is 3.17. The van der Waals surface area contributed by atoms with Crippen LogP contribution in [0.2, 0.25) is 0 Å². The average molecular weight is 441 g/mol. The van der Waals surface area contributed by atoms with Gasteiger partial charge in [-0.25, -0.2) is 9.38 Å². The number of terminal acetylenes is 1. The van der Waals surface area contributed by atoms with Gasteiger partial charge in [0.25, 0.3) is 5.56 Å². The molecule has 2 aromatic heterocycles. The predicted octanol–water partition coefficient (Wildman–Crippen LogP) is 3.24. The zero-order chi connectivity index (χ0) is 19.0. The Morgan fingerprint density at radius 2 is 2.19 bits per heavy atom. The third-order valence-corrected chi connectivity index (χ3v) is 5.55. The van der Waals surface area contributed by atoms with Gasteiger partial charge >= 0.3 is 0 Å². The number of imidazole rings is 1. The van der Waals surface area contributed by atoms with Gasteiger partial charge in [0, 0.05) is 0 Å². The maximum atomic E-state index is 12.9. The zero-order valence-corrected chi connectivity index (χ0v) is 16.6. The SMILES string of the molecule is C#CCOc1c(Br)cc(C=c2sc3nc4ccccc4n3c2=O)cc1OC. The first kappa shape index (κ1) is 17.6. The highest BCUT2D eigenvalue weighted by Gasteiger charge is 2.13. The Hall–Kier alpha value is -2.82. The lowest BCUT2D eigenvalue weighted by molar-refractivity contribution is 0.329. The molecule has 0 aliphatic heterocycles. The molecule has 0 bridgehead atoms. The summed E-state index contributed by atoms with van der Waals surface area (Å²) in [6, 6.07) is 11.3. The summed E-state index contributed by atoms with van der Waals surface area (Å²) in [7, 11) is 1.55. The van der Waals surface area contributed by atoms with Crippen molar-refractivity contribution >= 4 is 49.3 Å². The first-order valence-corrected chi connectivity index (χ1v) is 9.59. The molecule has 4 aromatic rings. The molecule has 0 radical (unpaired) electrons. The van der Waals surface area contributed by atoms with Crippen molar-refractivity contribution in [2.24, 2.45) is 0 Å². The lowest BCUT2D eigenvalue weighted by atomic mass is 10.2. The number of hydrogen-bond donors (Lipinski definition) is 0. The number of ether oxygens (including phenoxy) is 2. The fourth-order valence-electron chi connectivity index (χ4n) is 2.84. The van der Waals surface area contributed by atoms with Gasteiger partial charge in [0.1, 0.15) is 6.61 Å². The molecule has 0 aliphatic rings. The first-order chi connectivity index (χ1) is 13.1. The number of fused-ring (bicyclic) bond motifs is 3. The number of thiazole rings is 1. The summed E-state index contributed by atoms with van der Waals surface area (Å²) in [4.78, 5) is 18.1. The monoisotopic (exact) mass is 440 g/mol. The zero-order valence-electron chi connectivity index (χ0n) is 14.2. The third-order valence-electron chi connectivity index (χ3n) is 3.99. The first-order valence-electron chi connectivity index (χ1n) is 7.98. The molecule has 2 aromatic carbocycles. The fraction of sp³-hybridized carbons (Fsp3) is 0.100. The van der Waals surface area contributed by atoms with Crippen molar-refractivity contribution < 1.29 is 9.47 Å². The molecule has 0 unspecified atom stereocenters. The maximum Gasteiger partial charge on any atom is 0.274 e. The molecule has 27 heavy (non-hydrogen) atoms. The molecule has 134 valence electrons. The topological polar surface area (TPSA) is 52.8 Å². The van der Waals surface area contributed by atoms with Crippen LogP contribution in [0.5, 0.6) is 11.5 Å². The largest absolute Gasteiger partial charge is 0.493 e. The molecule has 0 N–H and O–H groups in total. The van der Waals surface area contributed by atoms with E-state index in [1.165, 1.54) is 11.3 Å². The van der Waals surface area contributed by atoms with Crippen LogP contribution in [0.25, 0.3) is 22.1 Å². The summed E-state index contributed by atoms with van der Waals surface area (Å²) in [5.41, 5.74) is 2.33. The van der Waals surface area contributed by atoms with Crippen LogP contribution < -0.4 is 19.6 Å². The lowest BCUT2D eigenvalue weighted by Gasteiger charge is -2.11. The van der Waals surface area contributed by atoms with Gasteiger partial charge in [-0.1, -0.05) is 29.4 Å². The summed E-state index contributed by atoms with van der Waals surface area (Å²) in [5, 5.41) is 0. The molecular weight excluding hydrogens is 428 g/mol. The number of hydrogen-bond acceptors (Lipinski definition) is 5. The smallest absolute Gasteiger partial charge is 0.274 e. The van der Waals surface area contributed by atoms with E-state index >= 15 is 0 Å². The van der Waals surface area contributed by atoms with Gasteiger partial charge in [0.15, 0.2) is 16.5 Å². The van der Waals surface area contributed by atoms with E-state index in [2.05, 4.69) is 26.8 Å². The van der Waals surface area contributed by atoms with Crippen LogP contribution in [0.4, 0.5) is 0 Å². The molecule has 0 atom stereocenters. The Balaban J connectivity index is 1.86. The summed E-state index contributed by atoms with van der Waals surface area (Å²) in [6.07, 6.45) is 7.07. The van der Waals surface area contributed by atoms with Crippen molar-refractivity contribution in [3.8, 4) is 23.8 Å². The maximum absolute atomic E-state index is 12.9. The summed E-state index contributed by atoms with van der Waals surface area (Å²) in [5.74, 6) is 3.49. The third kappa shape index (κ3) is 3.07. The van der Waals surface area contributed by atoms with Crippen LogP contribution in [0.3, 0.4) is 0 Å². The van der Waals surface area contributed by atoms with E-state index in [4.69, 9.17) is 15.9 Å². The molecule has 5 nitrogen and oxygen atoms in total. The van der Waals surface area contributed by atoms with Crippen molar-refractivity contribution in [1.82, 2.24) is 9.38 Å². The van der Waals surface area contributed by atoms with Crippen LogP contribution in [-0.2, 0) is 0 Å². The summed E-state index contributed by atoms with van der Waals surface area (Å²) in [6.45, 7) is 0.137. The van der Waals surface area contributed by atoms with Gasteiger partial charge in [0.05, 0.1) is 27.1 Å². The Bertz CT molecular complexity index is 1320. The number of para-hydroxylation sites is 2. The van der Waals surface area contributed by atoms with Crippen LogP contribution in [0.1, 0.15) is 5.56 Å². The number of aromatic nitrogens is 2. The molecule has 0 aliphatic carbocycles. The van der Waals surface area contributed by atoms with Crippen molar-refractivity contribution in [3.05, 3.63) is 61.3 Å². The normalized spacial score (nSPS) is 11.8. The molecule has 0 saturated carbocycles. The van der Waals surface area contributed by atoms with Crippen molar-refractivity contribution in [1.29, 1.82) is 0 Å². The van der Waals surface area contributed by atoms with Crippen molar-refractivity contribution in [2.75, 3.05) is 13.7 Å². The van der Waals surface area contributed by atoms with Crippen LogP contribution in [0.15, 0.2) is 45.7 Å². The molecule has 0 amide bonds. The second-order valence-corrected chi connectivity index (χ2v) is 7.52. The predicted molar refractivity (Wildman–Crippen MR) is 111 cm³/mol. The number of nitrogens with zero attached hydrogens (tertiary/aromatic N) is 2. The molecule has 0 saturated heterocycles. The minimum absolute atomic E-state index is 0.0913. The molecule has 0 fully saturated rings. The number of rotatable bonds is 4. The highest BCUT2D eigenvalue weighted by Crippen LogP contribution is 2.36. The molecule has 4 rings (SSSR count). The van der Waals surface area contributed by atoms with Crippen LogP contribution in [-0.4, -0.2) is 23.1 Å². The minimum atomic E-state index is -0.0913. The standard InChI is InChI=1S/C20H13BrN2O3S/c1-3-8-26-18-13(21)9-12(10-16(18)25-2)11-17-19(24)23-15-7-5-4-6-14(15)22-20(23)27-17/h1,4-7,9-11H,8H2,2H3. The highest BCUT2D eigenvalue weighted by molar-refractivity contribution is 9.10. The summed E-state index contributed by atoms with van der Waals surface area (Å²) >= 11 is 4.83. The van der Waals surface area contributed by atoms with Gasteiger partial charge < -0.3 is 9.47 Å². The second kappa shape index (κ2) is 7.06. The fourth-order valence-corrected chi connectivity index (χ4v) is 4.40. The van der Waals surface area contributed by atoms with Gasteiger partial charge in [-0.2, -0.15) is 0 Å².